The first kappa shape index (κ1) is 17.7. The van der Waals surface area contributed by atoms with E-state index in [9.17, 15) is 14.4 Å². The molecule has 0 unspecified atom stereocenters. The molecule has 130 valence electrons. The molecule has 0 spiro atoms. The van der Waals surface area contributed by atoms with Crippen molar-refractivity contribution in [2.24, 2.45) is 0 Å². The van der Waals surface area contributed by atoms with E-state index in [0.717, 1.165) is 6.42 Å². The zero-order valence-electron chi connectivity index (χ0n) is 14.1. The van der Waals surface area contributed by atoms with Crippen molar-refractivity contribution in [3.63, 3.8) is 0 Å². The lowest BCUT2D eigenvalue weighted by atomic mass is 10.2. The molecule has 1 aromatic rings. The number of pyridine rings is 1. The van der Waals surface area contributed by atoms with E-state index >= 15 is 0 Å². The van der Waals surface area contributed by atoms with Crippen molar-refractivity contribution in [3.8, 4) is 5.88 Å². The molecule has 0 bridgehead atoms. The molecule has 1 saturated heterocycles. The minimum Gasteiger partial charge on any atom is -0.481 e. The van der Waals surface area contributed by atoms with E-state index in [1.165, 1.54) is 18.1 Å². The van der Waals surface area contributed by atoms with Crippen LogP contribution in [0.5, 0.6) is 5.88 Å². The largest absolute Gasteiger partial charge is 0.481 e. The lowest BCUT2D eigenvalue weighted by molar-refractivity contribution is -0.137. The Bertz CT molecular complexity index is 647. The maximum absolute atomic E-state index is 12.3. The number of rotatable bonds is 5. The molecule has 8 nitrogen and oxygen atoms in total. The average molecular weight is 334 g/mol. The smallest absolute Gasteiger partial charge is 0.251 e. The maximum Gasteiger partial charge on any atom is 0.251 e. The Hall–Kier alpha value is -2.64. The monoisotopic (exact) mass is 334 g/mol. The van der Waals surface area contributed by atoms with Gasteiger partial charge in [-0.25, -0.2) is 4.98 Å². The number of amides is 3. The van der Waals surface area contributed by atoms with Gasteiger partial charge in [0, 0.05) is 30.9 Å². The number of carbonyl (C=O) groups excluding carboxylic acids is 3. The maximum atomic E-state index is 12.3. The summed E-state index contributed by atoms with van der Waals surface area (Å²) in [5.41, 5.74) is 1.02. The van der Waals surface area contributed by atoms with Gasteiger partial charge in [0.1, 0.15) is 6.04 Å². The molecular weight excluding hydrogens is 312 g/mol. The Morgan fingerprint density at radius 1 is 1.38 bits per heavy atom. The van der Waals surface area contributed by atoms with Gasteiger partial charge >= 0.3 is 0 Å². The number of likely N-dealkylation sites (N-methyl/N-ethyl adjacent to an activating group) is 1. The van der Waals surface area contributed by atoms with Crippen LogP contribution in [0.3, 0.4) is 0 Å². The van der Waals surface area contributed by atoms with E-state index < -0.39 is 6.04 Å². The van der Waals surface area contributed by atoms with Crippen molar-refractivity contribution in [2.75, 3.05) is 27.2 Å². The van der Waals surface area contributed by atoms with E-state index in [2.05, 4.69) is 15.6 Å². The molecule has 0 aliphatic carbocycles. The number of methoxy groups -OCH3 is 1. The summed E-state index contributed by atoms with van der Waals surface area (Å²) in [6, 6.07) is 2.67. The summed E-state index contributed by atoms with van der Waals surface area (Å²) >= 11 is 0. The highest BCUT2D eigenvalue weighted by Gasteiger charge is 2.33. The second-order valence-electron chi connectivity index (χ2n) is 5.58. The average Bonchev–Trinajstić information content (AvgIpc) is 3.07. The van der Waals surface area contributed by atoms with E-state index in [1.807, 2.05) is 0 Å². The third-order valence-corrected chi connectivity index (χ3v) is 3.92. The molecular formula is C16H22N4O4. The third kappa shape index (κ3) is 4.01. The molecule has 0 aromatic carbocycles. The highest BCUT2D eigenvalue weighted by Crippen LogP contribution is 2.17. The zero-order valence-corrected chi connectivity index (χ0v) is 14.1. The lowest BCUT2D eigenvalue weighted by Crippen LogP contribution is -2.48. The lowest BCUT2D eigenvalue weighted by Gasteiger charge is -2.23. The second-order valence-corrected chi connectivity index (χ2v) is 5.58. The number of aryl methyl sites for hydroxylation is 1. The van der Waals surface area contributed by atoms with Crippen LogP contribution in [0.15, 0.2) is 12.1 Å². The summed E-state index contributed by atoms with van der Waals surface area (Å²) in [7, 11) is 3.02. The van der Waals surface area contributed by atoms with Crippen LogP contribution in [0.2, 0.25) is 0 Å². The molecule has 3 amide bonds. The quantitative estimate of drug-likeness (QED) is 0.781. The number of ether oxygens (including phenoxy) is 1. The summed E-state index contributed by atoms with van der Waals surface area (Å²) in [6.45, 7) is 2.12. The van der Waals surface area contributed by atoms with Crippen molar-refractivity contribution in [1.82, 2.24) is 20.5 Å². The van der Waals surface area contributed by atoms with Gasteiger partial charge in [-0.05, 0) is 25.8 Å². The molecule has 0 radical (unpaired) electrons. The highest BCUT2D eigenvalue weighted by atomic mass is 16.5. The van der Waals surface area contributed by atoms with Crippen LogP contribution in [-0.2, 0) is 9.59 Å². The van der Waals surface area contributed by atoms with Gasteiger partial charge in [-0.3, -0.25) is 14.4 Å². The summed E-state index contributed by atoms with van der Waals surface area (Å²) in [6.07, 6.45) is 1.42. The van der Waals surface area contributed by atoms with E-state index in [0.29, 0.717) is 30.1 Å². The predicted octanol–water partition coefficient (Wildman–Crippen LogP) is -0.135. The summed E-state index contributed by atoms with van der Waals surface area (Å²) < 4.78 is 5.03. The molecule has 0 saturated carbocycles. The molecule has 1 aromatic heterocycles. The first-order chi connectivity index (χ1) is 11.5. The van der Waals surface area contributed by atoms with Crippen LogP contribution < -0.4 is 15.4 Å². The fraction of sp³-hybridized carbons (Fsp3) is 0.500. The van der Waals surface area contributed by atoms with E-state index in [-0.39, 0.29) is 24.3 Å². The molecule has 8 heteroatoms. The molecule has 1 aliphatic rings. The van der Waals surface area contributed by atoms with Crippen molar-refractivity contribution in [1.29, 1.82) is 0 Å². The van der Waals surface area contributed by atoms with Gasteiger partial charge in [-0.15, -0.1) is 0 Å². The van der Waals surface area contributed by atoms with Crippen molar-refractivity contribution < 1.29 is 19.1 Å². The number of hydrogen-bond donors (Lipinski definition) is 2. The Labute approximate surface area is 140 Å². The van der Waals surface area contributed by atoms with Crippen molar-refractivity contribution >= 4 is 17.7 Å². The van der Waals surface area contributed by atoms with Crippen LogP contribution in [0.4, 0.5) is 0 Å². The molecule has 1 atom stereocenters. The van der Waals surface area contributed by atoms with Crippen LogP contribution in [-0.4, -0.2) is 60.9 Å². The predicted molar refractivity (Wildman–Crippen MR) is 86.7 cm³/mol. The minimum absolute atomic E-state index is 0.157. The summed E-state index contributed by atoms with van der Waals surface area (Å²) in [4.78, 5) is 41.9. The van der Waals surface area contributed by atoms with Crippen LogP contribution in [0.1, 0.15) is 28.9 Å². The van der Waals surface area contributed by atoms with Crippen LogP contribution in [0.25, 0.3) is 0 Å². The van der Waals surface area contributed by atoms with Gasteiger partial charge in [0.15, 0.2) is 0 Å². The van der Waals surface area contributed by atoms with Gasteiger partial charge < -0.3 is 20.3 Å². The SMILES string of the molecule is CNC(=O)[C@H]1CCCN1C(=O)CNC(=O)c1cc(C)nc(OC)c1. The summed E-state index contributed by atoms with van der Waals surface area (Å²) in [5, 5.41) is 5.15. The number of nitrogens with zero attached hydrogens (tertiary/aromatic N) is 2. The number of hydrogen-bond acceptors (Lipinski definition) is 5. The molecule has 1 aliphatic heterocycles. The van der Waals surface area contributed by atoms with E-state index in [1.54, 1.807) is 20.0 Å². The highest BCUT2D eigenvalue weighted by molar-refractivity contribution is 5.97. The summed E-state index contributed by atoms with van der Waals surface area (Å²) in [5.74, 6) is -0.498. The molecule has 2 N–H and O–H groups in total. The topological polar surface area (TPSA) is 101 Å². The van der Waals surface area contributed by atoms with E-state index in [4.69, 9.17) is 4.74 Å². The van der Waals surface area contributed by atoms with Gasteiger partial charge in [0.2, 0.25) is 17.7 Å². The Morgan fingerprint density at radius 3 is 2.79 bits per heavy atom. The fourth-order valence-corrected chi connectivity index (χ4v) is 2.74. The molecule has 2 heterocycles. The first-order valence-corrected chi connectivity index (χ1v) is 7.78. The first-order valence-electron chi connectivity index (χ1n) is 7.78. The zero-order chi connectivity index (χ0) is 17.7. The van der Waals surface area contributed by atoms with Gasteiger partial charge in [-0.2, -0.15) is 0 Å². The number of carbonyl (C=O) groups is 3. The van der Waals surface area contributed by atoms with Gasteiger partial charge in [0.05, 0.1) is 13.7 Å². The van der Waals surface area contributed by atoms with Gasteiger partial charge in [0.25, 0.3) is 5.91 Å². The Balaban J connectivity index is 1.97. The molecule has 2 rings (SSSR count). The number of nitrogens with one attached hydrogen (secondary N) is 2. The van der Waals surface area contributed by atoms with Crippen LogP contribution >= 0.6 is 0 Å². The van der Waals surface area contributed by atoms with Crippen molar-refractivity contribution in [2.45, 2.75) is 25.8 Å². The minimum atomic E-state index is -0.456. The van der Waals surface area contributed by atoms with Crippen LogP contribution in [0, 0.1) is 6.92 Å². The van der Waals surface area contributed by atoms with Gasteiger partial charge in [-0.1, -0.05) is 0 Å². The molecule has 1 fully saturated rings. The standard InChI is InChI=1S/C16H22N4O4/c1-10-7-11(8-13(19-10)24-3)15(22)18-9-14(21)20-6-4-5-12(20)16(23)17-2/h7-8,12H,4-6,9H2,1-3H3,(H,17,23)(H,18,22)/t12-/m1/s1. The number of aromatic nitrogens is 1. The molecule has 24 heavy (non-hydrogen) atoms. The Morgan fingerprint density at radius 2 is 2.12 bits per heavy atom. The normalized spacial score (nSPS) is 16.6. The Kier molecular flexibility index (Phi) is 5.73. The van der Waals surface area contributed by atoms with Crippen molar-refractivity contribution in [3.05, 3.63) is 23.4 Å². The number of likely N-dealkylation sites (tertiary alicyclic amines) is 1. The fourth-order valence-electron chi connectivity index (χ4n) is 2.74. The third-order valence-electron chi connectivity index (χ3n) is 3.92. The second kappa shape index (κ2) is 7.76.